The van der Waals surface area contributed by atoms with Crippen molar-refractivity contribution in [3.8, 4) is 23.0 Å². The van der Waals surface area contributed by atoms with Gasteiger partial charge in [0, 0.05) is 50.2 Å². The van der Waals surface area contributed by atoms with Crippen LogP contribution in [0.4, 0.5) is 11.4 Å². The van der Waals surface area contributed by atoms with Gasteiger partial charge in [-0.2, -0.15) is 0 Å². The van der Waals surface area contributed by atoms with Crippen molar-refractivity contribution in [2.45, 2.75) is 56.5 Å². The molecule has 3 aliphatic carbocycles. The van der Waals surface area contributed by atoms with E-state index in [0.29, 0.717) is 86.1 Å². The Morgan fingerprint density at radius 1 is 0.812 bits per heavy atom. The van der Waals surface area contributed by atoms with Gasteiger partial charge in [-0.3, -0.25) is 14.4 Å². The van der Waals surface area contributed by atoms with Gasteiger partial charge in [-0.05, 0) is 44.9 Å². The Kier molecular flexibility index (Phi) is 6.39. The zero-order chi connectivity index (χ0) is 34.0. The number of hydrogen-bond donors (Lipinski definition) is 5. The second-order valence-electron chi connectivity index (χ2n) is 13.7. The highest BCUT2D eigenvalue weighted by Gasteiger charge is 2.45. The molecule has 248 valence electrons. The number of carbonyl (C=O) groups excluding carboxylic acids is 1. The van der Waals surface area contributed by atoms with Crippen LogP contribution >= 0.6 is 0 Å². The van der Waals surface area contributed by atoms with Gasteiger partial charge in [0.2, 0.25) is 5.43 Å². The van der Waals surface area contributed by atoms with Crippen molar-refractivity contribution >= 4 is 66.3 Å². The van der Waals surface area contributed by atoms with E-state index in [-0.39, 0.29) is 52.7 Å². The van der Waals surface area contributed by atoms with Gasteiger partial charge in [-0.25, -0.2) is 0 Å². The first-order valence-electron chi connectivity index (χ1n) is 16.0. The molecule has 11 nitrogen and oxygen atoms in total. The highest BCUT2D eigenvalue weighted by Crippen LogP contribution is 2.58. The second-order valence-corrected chi connectivity index (χ2v) is 13.7. The van der Waals surface area contributed by atoms with Gasteiger partial charge in [0.1, 0.15) is 17.3 Å². The molecule has 0 amide bonds. The van der Waals surface area contributed by atoms with Gasteiger partial charge in [-0.1, -0.05) is 11.6 Å². The van der Waals surface area contributed by atoms with Crippen LogP contribution in [0.25, 0.3) is 49.2 Å². The number of allylic oxidation sites excluding steroid dienone is 1. The number of benzene rings is 5. The van der Waals surface area contributed by atoms with Crippen molar-refractivity contribution in [3.05, 3.63) is 49.3 Å². The summed E-state index contributed by atoms with van der Waals surface area (Å²) >= 11 is 0. The molecule has 3 aliphatic rings. The van der Waals surface area contributed by atoms with Gasteiger partial charge in [0.25, 0.3) is 0 Å². The van der Waals surface area contributed by atoms with E-state index in [9.17, 15) is 29.7 Å². The van der Waals surface area contributed by atoms with Crippen molar-refractivity contribution in [1.29, 1.82) is 0 Å². The van der Waals surface area contributed by atoms with Crippen LogP contribution in [0, 0.1) is 0 Å². The van der Waals surface area contributed by atoms with Gasteiger partial charge in [-0.15, -0.1) is 0 Å². The Hall–Kier alpha value is -4.87. The molecular weight excluding hydrogens is 616 g/mol. The summed E-state index contributed by atoms with van der Waals surface area (Å²) in [5.41, 5.74) is -0.0631. The van der Waals surface area contributed by atoms with Gasteiger partial charge < -0.3 is 40.2 Å². The summed E-state index contributed by atoms with van der Waals surface area (Å²) in [6.07, 6.45) is 4.53. The summed E-state index contributed by atoms with van der Waals surface area (Å²) in [4.78, 5) is 42.4. The summed E-state index contributed by atoms with van der Waals surface area (Å²) in [6.45, 7) is 2.93. The van der Waals surface area contributed by atoms with E-state index >= 15 is 0 Å². The average molecular weight is 653 g/mol. The molecule has 0 radical (unpaired) electrons. The number of ether oxygens (including phenoxy) is 3. The predicted octanol–water partition coefficient (Wildman–Crippen LogP) is 4.59. The lowest BCUT2D eigenvalue weighted by molar-refractivity contribution is -0.117. The molecule has 0 heterocycles. The normalized spacial score (nSPS) is 18.7. The van der Waals surface area contributed by atoms with Crippen molar-refractivity contribution in [2.24, 2.45) is 0 Å². The van der Waals surface area contributed by atoms with E-state index in [1.54, 1.807) is 13.0 Å². The van der Waals surface area contributed by atoms with Crippen LogP contribution in [0.15, 0.2) is 27.3 Å². The van der Waals surface area contributed by atoms with E-state index in [1.807, 2.05) is 6.08 Å². The van der Waals surface area contributed by atoms with Crippen LogP contribution in [-0.4, -0.2) is 66.7 Å². The SMILES string of the molecule is COc1c2c3c4c(c(NC5(CO)CC5)c(O)c5c(=O)cc(OC)c(c6c(OC)cc(NC7(CO)CC7)c(c1=O)c63)c54)C=C(C)C2C(C)=O. The Bertz CT molecular complexity index is 2390. The smallest absolute Gasteiger partial charge is 0.230 e. The maximum Gasteiger partial charge on any atom is 0.230 e. The van der Waals surface area contributed by atoms with Crippen LogP contribution in [0.1, 0.15) is 56.6 Å². The minimum Gasteiger partial charge on any atom is -0.505 e. The van der Waals surface area contributed by atoms with Crippen LogP contribution < -0.4 is 35.7 Å². The van der Waals surface area contributed by atoms with E-state index in [1.165, 1.54) is 34.3 Å². The van der Waals surface area contributed by atoms with Gasteiger partial charge in [0.05, 0.1) is 73.7 Å². The monoisotopic (exact) mass is 652 g/mol. The lowest BCUT2D eigenvalue weighted by atomic mass is 9.80. The predicted molar refractivity (Wildman–Crippen MR) is 185 cm³/mol. The third-order valence-corrected chi connectivity index (χ3v) is 10.8. The largest absolute Gasteiger partial charge is 0.505 e. The molecule has 0 spiro atoms. The highest BCUT2D eigenvalue weighted by molar-refractivity contribution is 6.40. The Labute approximate surface area is 274 Å². The van der Waals surface area contributed by atoms with Crippen molar-refractivity contribution in [3.63, 3.8) is 0 Å². The first-order valence-corrected chi connectivity index (χ1v) is 16.0. The molecule has 0 bridgehead atoms. The number of methoxy groups -OCH3 is 3. The molecule has 1 atom stereocenters. The fourth-order valence-electron chi connectivity index (χ4n) is 8.01. The summed E-state index contributed by atoms with van der Waals surface area (Å²) in [6, 6.07) is 3.03. The molecule has 5 aromatic rings. The van der Waals surface area contributed by atoms with Crippen LogP contribution in [-0.2, 0) is 4.79 Å². The molecule has 0 saturated heterocycles. The molecule has 2 fully saturated rings. The quantitative estimate of drug-likeness (QED) is 0.0815. The molecule has 8 rings (SSSR count). The minimum atomic E-state index is -0.904. The average Bonchev–Trinajstić information content (AvgIpc) is 4.00. The fraction of sp³-hybridized carbons (Fsp3) is 0.378. The molecule has 5 N–H and O–H groups in total. The second kappa shape index (κ2) is 10.1. The van der Waals surface area contributed by atoms with Crippen molar-refractivity contribution < 1.29 is 34.3 Å². The van der Waals surface area contributed by atoms with Crippen LogP contribution in [0.5, 0.6) is 23.0 Å². The van der Waals surface area contributed by atoms with E-state index in [4.69, 9.17) is 14.2 Å². The number of anilines is 2. The number of aromatic hydroxyl groups is 1. The first-order chi connectivity index (χ1) is 23.0. The molecule has 1 unspecified atom stereocenters. The number of rotatable bonds is 10. The number of ketones is 1. The third-order valence-electron chi connectivity index (χ3n) is 10.8. The summed E-state index contributed by atoms with van der Waals surface area (Å²) in [5, 5.41) is 42.6. The highest BCUT2D eigenvalue weighted by atomic mass is 16.5. The lowest BCUT2D eigenvalue weighted by Gasteiger charge is -2.27. The molecule has 5 aromatic carbocycles. The number of Topliss-reactive ketones (excluding diaryl/α,β-unsaturated/α-hetero) is 1. The number of aliphatic hydroxyl groups excluding tert-OH is 2. The van der Waals surface area contributed by atoms with Crippen molar-refractivity contribution in [1.82, 2.24) is 0 Å². The number of phenolic OH excluding ortho intramolecular Hbond substituents is 1. The summed E-state index contributed by atoms with van der Waals surface area (Å²) in [7, 11) is 4.35. The standard InChI is InChI=1S/C37H36N2O9/c1-15-10-17-23-28-25(33(44)32(17)39-37(14-41)8-9-37)19(43)12-21(47-4)27(28)26-20(46-3)11-18(38-36(13-40)6-7-36)24-30(26)29(23)31(22(15)16(2)42)35(48-5)34(24)45/h10-12,22,38-41,44H,6-9,13-14H2,1-5H3. The summed E-state index contributed by atoms with van der Waals surface area (Å²) < 4.78 is 17.8. The fourth-order valence-corrected chi connectivity index (χ4v) is 8.01. The zero-order valence-electron chi connectivity index (χ0n) is 27.3. The van der Waals surface area contributed by atoms with E-state index in [2.05, 4.69) is 10.6 Å². The number of aliphatic hydroxyl groups is 2. The topological polar surface area (TPSA) is 164 Å². The van der Waals surface area contributed by atoms with E-state index in [0.717, 1.165) is 0 Å². The van der Waals surface area contributed by atoms with Gasteiger partial charge in [0.15, 0.2) is 16.9 Å². The van der Waals surface area contributed by atoms with Crippen LogP contribution in [0.3, 0.4) is 0 Å². The van der Waals surface area contributed by atoms with Crippen molar-refractivity contribution in [2.75, 3.05) is 45.2 Å². The maximum absolute atomic E-state index is 14.8. The molecule has 11 heteroatoms. The maximum atomic E-state index is 14.8. The molecular formula is C37H36N2O9. The first kappa shape index (κ1) is 30.5. The molecule has 48 heavy (non-hydrogen) atoms. The third kappa shape index (κ3) is 3.85. The van der Waals surface area contributed by atoms with E-state index < -0.39 is 27.9 Å². The van der Waals surface area contributed by atoms with Gasteiger partial charge >= 0.3 is 0 Å². The zero-order valence-corrected chi connectivity index (χ0v) is 27.3. The molecule has 2 saturated carbocycles. The minimum absolute atomic E-state index is 0.00948. The molecule has 0 aromatic heterocycles. The number of phenols is 1. The lowest BCUT2D eigenvalue weighted by Crippen LogP contribution is -2.27. The Morgan fingerprint density at radius 3 is 1.94 bits per heavy atom. The number of fused-ring (bicyclic) bond motifs is 1. The summed E-state index contributed by atoms with van der Waals surface area (Å²) in [5.74, 6) is -0.838. The Balaban J connectivity index is 1.74. The van der Waals surface area contributed by atoms with Crippen LogP contribution in [0.2, 0.25) is 0 Å². The molecule has 0 aliphatic heterocycles. The Morgan fingerprint density at radius 2 is 1.40 bits per heavy atom. The number of nitrogens with one attached hydrogen (secondary N) is 2. The number of hydrogen-bond acceptors (Lipinski definition) is 11. The number of carbonyl (C=O) groups is 1.